The molecule has 0 atom stereocenters. The number of hydrazone groups is 1. The molecule has 0 saturated carbocycles. The molecule has 4 aromatic rings. The summed E-state index contributed by atoms with van der Waals surface area (Å²) in [4.78, 5) is 26.1. The second kappa shape index (κ2) is 10.6. The van der Waals surface area contributed by atoms with E-state index in [2.05, 4.69) is 21.9 Å². The molecule has 0 bridgehead atoms. The third-order valence-electron chi connectivity index (χ3n) is 6.17. The summed E-state index contributed by atoms with van der Waals surface area (Å²) in [7, 11) is 0. The van der Waals surface area contributed by atoms with Crippen molar-refractivity contribution in [2.24, 2.45) is 5.10 Å². The van der Waals surface area contributed by atoms with Gasteiger partial charge < -0.3 is 5.32 Å². The lowest BCUT2D eigenvalue weighted by Gasteiger charge is -2.09. The number of aromatic nitrogens is 2. The number of aryl methyl sites for hydroxylation is 2. The van der Waals surface area contributed by atoms with Gasteiger partial charge in [0.15, 0.2) is 0 Å². The van der Waals surface area contributed by atoms with Crippen LogP contribution in [-0.4, -0.2) is 27.8 Å². The predicted molar refractivity (Wildman–Crippen MR) is 144 cm³/mol. The van der Waals surface area contributed by atoms with Gasteiger partial charge >= 0.3 is 11.8 Å². The molecule has 9 heteroatoms. The van der Waals surface area contributed by atoms with E-state index < -0.39 is 11.8 Å². The first-order valence-electron chi connectivity index (χ1n) is 11.9. The predicted octanol–water partition coefficient (Wildman–Crippen LogP) is 4.75. The lowest BCUT2D eigenvalue weighted by molar-refractivity contribution is -0.136. The van der Waals surface area contributed by atoms with E-state index in [0.717, 1.165) is 52.9 Å². The summed E-state index contributed by atoms with van der Waals surface area (Å²) in [6, 6.07) is 19.8. The van der Waals surface area contributed by atoms with Crippen LogP contribution in [0.1, 0.15) is 40.0 Å². The molecule has 184 valence electrons. The van der Waals surface area contributed by atoms with Gasteiger partial charge in [0.2, 0.25) is 0 Å². The van der Waals surface area contributed by atoms with E-state index >= 15 is 0 Å². The van der Waals surface area contributed by atoms with Crippen molar-refractivity contribution in [3.63, 3.8) is 0 Å². The monoisotopic (exact) mass is 508 g/mol. The number of thiophene rings is 1. The van der Waals surface area contributed by atoms with Crippen LogP contribution in [-0.2, 0) is 22.4 Å². The van der Waals surface area contributed by atoms with Gasteiger partial charge in [0.05, 0.1) is 17.5 Å². The maximum Gasteiger partial charge on any atom is 0.329 e. The summed E-state index contributed by atoms with van der Waals surface area (Å²) in [5.41, 5.74) is 8.01. The average molecular weight is 509 g/mol. The molecule has 2 amide bonds. The Morgan fingerprint density at radius 3 is 2.59 bits per heavy atom. The molecule has 0 unspecified atom stereocenters. The van der Waals surface area contributed by atoms with Crippen LogP contribution in [0.15, 0.2) is 65.9 Å². The number of rotatable bonds is 5. The summed E-state index contributed by atoms with van der Waals surface area (Å²) in [6.45, 7) is 2.01. The maximum absolute atomic E-state index is 12.5. The number of hydrogen-bond acceptors (Lipinski definition) is 6. The number of benzene rings is 2. The second-order valence-electron chi connectivity index (χ2n) is 8.76. The number of amides is 2. The molecule has 37 heavy (non-hydrogen) atoms. The SMILES string of the molecule is Cc1ccc(-c2nn(-c3ccccc3)cc2/C=N/NC(=O)C(=O)Nc2sc3c(c2C#N)CCCC3)cc1. The minimum Gasteiger partial charge on any atom is -0.308 e. The van der Waals surface area contributed by atoms with Crippen LogP contribution < -0.4 is 10.7 Å². The molecule has 2 aromatic heterocycles. The first kappa shape index (κ1) is 24.2. The molecule has 2 aromatic carbocycles. The topological polar surface area (TPSA) is 112 Å². The molecule has 0 radical (unpaired) electrons. The second-order valence-corrected chi connectivity index (χ2v) is 9.86. The van der Waals surface area contributed by atoms with Crippen LogP contribution >= 0.6 is 11.3 Å². The standard InChI is InChI=1S/C28H24N6O2S/c1-18-11-13-19(14-12-18)25-20(17-34(33-25)21-7-3-2-4-8-21)16-30-32-27(36)26(35)31-28-23(15-29)22-9-5-6-10-24(22)37-28/h2-4,7-8,11-14,16-17H,5-6,9-10H2,1H3,(H,31,35)(H,32,36)/b30-16+. The lowest BCUT2D eigenvalue weighted by Crippen LogP contribution is -2.32. The van der Waals surface area contributed by atoms with Gasteiger partial charge in [0, 0.05) is 22.2 Å². The van der Waals surface area contributed by atoms with Crippen molar-refractivity contribution in [1.82, 2.24) is 15.2 Å². The highest BCUT2D eigenvalue weighted by Crippen LogP contribution is 2.37. The molecule has 5 rings (SSSR count). The van der Waals surface area contributed by atoms with E-state index in [4.69, 9.17) is 5.10 Å². The van der Waals surface area contributed by atoms with Crippen molar-refractivity contribution in [3.05, 3.63) is 87.9 Å². The normalized spacial score (nSPS) is 12.6. The first-order valence-corrected chi connectivity index (χ1v) is 12.8. The quantitative estimate of drug-likeness (QED) is 0.230. The molecular weight excluding hydrogens is 484 g/mol. The van der Waals surface area contributed by atoms with Gasteiger partial charge in [-0.25, -0.2) is 10.1 Å². The van der Waals surface area contributed by atoms with Crippen LogP contribution in [0, 0.1) is 18.3 Å². The number of fused-ring (bicyclic) bond motifs is 1. The number of hydrogen-bond donors (Lipinski definition) is 2. The van der Waals surface area contributed by atoms with E-state index in [1.165, 1.54) is 17.6 Å². The van der Waals surface area contributed by atoms with Crippen molar-refractivity contribution in [1.29, 1.82) is 5.26 Å². The summed E-state index contributed by atoms with van der Waals surface area (Å²) in [5.74, 6) is -1.79. The highest BCUT2D eigenvalue weighted by molar-refractivity contribution is 7.16. The Balaban J connectivity index is 1.33. The number of para-hydroxylation sites is 1. The van der Waals surface area contributed by atoms with E-state index in [1.54, 1.807) is 4.68 Å². The van der Waals surface area contributed by atoms with Gasteiger partial charge in [-0.15, -0.1) is 11.3 Å². The fourth-order valence-corrected chi connectivity index (χ4v) is 5.51. The van der Waals surface area contributed by atoms with Gasteiger partial charge in [0.1, 0.15) is 16.8 Å². The molecular formula is C28H24N6O2S. The highest BCUT2D eigenvalue weighted by atomic mass is 32.1. The van der Waals surface area contributed by atoms with Crippen LogP contribution in [0.2, 0.25) is 0 Å². The minimum absolute atomic E-state index is 0.421. The van der Waals surface area contributed by atoms with E-state index in [-0.39, 0.29) is 0 Å². The van der Waals surface area contributed by atoms with E-state index in [0.29, 0.717) is 21.8 Å². The molecule has 1 aliphatic carbocycles. The van der Waals surface area contributed by atoms with E-state index in [1.807, 2.05) is 67.7 Å². The third kappa shape index (κ3) is 5.20. The van der Waals surface area contributed by atoms with Crippen molar-refractivity contribution in [2.75, 3.05) is 5.32 Å². The number of nitrogens with one attached hydrogen (secondary N) is 2. The Hall–Kier alpha value is -4.55. The zero-order valence-corrected chi connectivity index (χ0v) is 21.0. The van der Waals surface area contributed by atoms with Gasteiger partial charge in [-0.3, -0.25) is 9.59 Å². The number of carbonyl (C=O) groups excluding carboxylic acids is 2. The summed E-state index contributed by atoms with van der Waals surface area (Å²) in [5, 5.41) is 21.3. The fraction of sp³-hybridized carbons (Fsp3) is 0.179. The summed E-state index contributed by atoms with van der Waals surface area (Å²) in [6.07, 6.45) is 7.08. The Labute approximate surface area is 218 Å². The number of carbonyl (C=O) groups is 2. The molecule has 0 fully saturated rings. The Kier molecular flexibility index (Phi) is 6.92. The van der Waals surface area contributed by atoms with Crippen LogP contribution in [0.25, 0.3) is 16.9 Å². The van der Waals surface area contributed by atoms with Crippen LogP contribution in [0.3, 0.4) is 0 Å². The Morgan fingerprint density at radius 1 is 1.08 bits per heavy atom. The minimum atomic E-state index is -0.918. The zero-order valence-electron chi connectivity index (χ0n) is 20.2. The highest BCUT2D eigenvalue weighted by Gasteiger charge is 2.23. The van der Waals surface area contributed by atoms with Gasteiger partial charge in [-0.05, 0) is 50.3 Å². The molecule has 8 nitrogen and oxygen atoms in total. The van der Waals surface area contributed by atoms with Crippen LogP contribution in [0.5, 0.6) is 0 Å². The molecule has 2 N–H and O–H groups in total. The van der Waals surface area contributed by atoms with Crippen molar-refractivity contribution < 1.29 is 9.59 Å². The zero-order chi connectivity index (χ0) is 25.8. The number of nitrogens with zero attached hydrogens (tertiary/aromatic N) is 4. The molecule has 1 aliphatic rings. The summed E-state index contributed by atoms with van der Waals surface area (Å²) >= 11 is 1.37. The van der Waals surface area contributed by atoms with Gasteiger partial charge in [-0.2, -0.15) is 15.5 Å². The van der Waals surface area contributed by atoms with Gasteiger partial charge in [-0.1, -0.05) is 48.0 Å². The summed E-state index contributed by atoms with van der Waals surface area (Å²) < 4.78 is 1.74. The molecule has 2 heterocycles. The third-order valence-corrected chi connectivity index (χ3v) is 7.38. The smallest absolute Gasteiger partial charge is 0.308 e. The van der Waals surface area contributed by atoms with Crippen molar-refractivity contribution in [3.8, 4) is 23.0 Å². The Morgan fingerprint density at radius 2 is 1.84 bits per heavy atom. The Bertz CT molecular complexity index is 1530. The largest absolute Gasteiger partial charge is 0.329 e. The molecule has 0 spiro atoms. The van der Waals surface area contributed by atoms with Crippen molar-refractivity contribution >= 4 is 34.4 Å². The first-order chi connectivity index (χ1) is 18.0. The molecule has 0 aliphatic heterocycles. The number of anilines is 1. The maximum atomic E-state index is 12.5. The van der Waals surface area contributed by atoms with Crippen LogP contribution in [0.4, 0.5) is 5.00 Å². The molecule has 0 saturated heterocycles. The van der Waals surface area contributed by atoms with Gasteiger partial charge in [0.25, 0.3) is 0 Å². The average Bonchev–Trinajstić information content (AvgIpc) is 3.50. The fourth-order valence-electron chi connectivity index (χ4n) is 4.27. The lowest BCUT2D eigenvalue weighted by atomic mass is 9.96. The van der Waals surface area contributed by atoms with E-state index in [9.17, 15) is 14.9 Å². The number of nitriles is 1. The van der Waals surface area contributed by atoms with Crippen molar-refractivity contribution in [2.45, 2.75) is 32.6 Å².